The number of nitrogens with zero attached hydrogens (tertiary/aromatic N) is 1. The maximum absolute atomic E-state index is 12.9. The number of ether oxygens (including phenoxy) is 2. The van der Waals surface area contributed by atoms with Crippen molar-refractivity contribution in [3.8, 4) is 0 Å². The Morgan fingerprint density at radius 2 is 1.71 bits per heavy atom. The molecule has 0 spiro atoms. The van der Waals surface area contributed by atoms with Gasteiger partial charge in [-0.05, 0) is 62.4 Å². The van der Waals surface area contributed by atoms with Gasteiger partial charge in [0, 0.05) is 24.4 Å². The highest BCUT2D eigenvalue weighted by Gasteiger charge is 2.47. The lowest BCUT2D eigenvalue weighted by Crippen LogP contribution is -2.52. The minimum atomic E-state index is -0.337. The summed E-state index contributed by atoms with van der Waals surface area (Å²) in [5.41, 5.74) is 2.80. The summed E-state index contributed by atoms with van der Waals surface area (Å²) in [6.45, 7) is 6.56. The predicted molar refractivity (Wildman–Crippen MR) is 133 cm³/mol. The Balaban J connectivity index is 1.40. The molecule has 5 heteroatoms. The Bertz CT molecular complexity index is 971. The molecule has 5 unspecified atom stereocenters. The second-order valence-electron chi connectivity index (χ2n) is 10.4. The van der Waals surface area contributed by atoms with Gasteiger partial charge in [-0.25, -0.2) is 4.79 Å². The largest absolute Gasteiger partial charge is 0.465 e. The number of rotatable bonds is 8. The number of esters is 2. The molecule has 5 nitrogen and oxygen atoms in total. The van der Waals surface area contributed by atoms with E-state index in [1.54, 1.807) is 12.1 Å². The van der Waals surface area contributed by atoms with E-state index in [0.717, 1.165) is 31.2 Å². The van der Waals surface area contributed by atoms with E-state index in [9.17, 15) is 9.59 Å². The Kier molecular flexibility index (Phi) is 7.72. The van der Waals surface area contributed by atoms with Gasteiger partial charge in [-0.15, -0.1) is 0 Å². The molecule has 34 heavy (non-hydrogen) atoms. The van der Waals surface area contributed by atoms with Gasteiger partial charge in [0.2, 0.25) is 0 Å². The van der Waals surface area contributed by atoms with Crippen LogP contribution in [0.4, 0.5) is 0 Å². The van der Waals surface area contributed by atoms with Crippen LogP contribution in [0.25, 0.3) is 0 Å². The zero-order valence-electron chi connectivity index (χ0n) is 20.8. The first-order valence-corrected chi connectivity index (χ1v) is 12.6. The summed E-state index contributed by atoms with van der Waals surface area (Å²) in [7, 11) is 2.13. The summed E-state index contributed by atoms with van der Waals surface area (Å²) in [6, 6.07) is 18.0. The summed E-state index contributed by atoms with van der Waals surface area (Å²) in [6.07, 6.45) is 3.68. The lowest BCUT2D eigenvalue weighted by atomic mass is 9.88. The van der Waals surface area contributed by atoms with Crippen molar-refractivity contribution < 1.29 is 19.1 Å². The molecule has 4 rings (SSSR count). The van der Waals surface area contributed by atoms with E-state index in [1.807, 2.05) is 37.3 Å². The van der Waals surface area contributed by atoms with E-state index in [0.29, 0.717) is 17.5 Å². The second kappa shape index (κ2) is 10.7. The Morgan fingerprint density at radius 3 is 2.38 bits per heavy atom. The average molecular weight is 464 g/mol. The number of carbonyl (C=O) groups excluding carboxylic acids is 2. The molecular formula is C29H37NO4. The fourth-order valence-electron chi connectivity index (χ4n) is 5.52. The number of hydrogen-bond donors (Lipinski definition) is 0. The van der Waals surface area contributed by atoms with Crippen molar-refractivity contribution in [1.29, 1.82) is 0 Å². The monoisotopic (exact) mass is 463 g/mol. The Hall–Kier alpha value is -2.66. The van der Waals surface area contributed by atoms with Gasteiger partial charge < -0.3 is 9.47 Å². The molecule has 2 aromatic carbocycles. The van der Waals surface area contributed by atoms with Crippen molar-refractivity contribution in [2.24, 2.45) is 11.8 Å². The minimum absolute atomic E-state index is 0.0269. The number of fused-ring (bicyclic) bond motifs is 2. The van der Waals surface area contributed by atoms with Crippen molar-refractivity contribution in [3.05, 3.63) is 71.3 Å². The van der Waals surface area contributed by atoms with Crippen molar-refractivity contribution in [2.75, 3.05) is 13.7 Å². The first-order valence-electron chi connectivity index (χ1n) is 12.6. The molecule has 0 radical (unpaired) electrons. The summed E-state index contributed by atoms with van der Waals surface area (Å²) >= 11 is 0. The fourth-order valence-corrected chi connectivity index (χ4v) is 5.52. The van der Waals surface area contributed by atoms with Crippen molar-refractivity contribution in [3.63, 3.8) is 0 Å². The molecule has 2 aromatic rings. The van der Waals surface area contributed by atoms with E-state index in [2.05, 4.69) is 37.9 Å². The zero-order valence-corrected chi connectivity index (χ0v) is 20.8. The minimum Gasteiger partial charge on any atom is -0.465 e. The van der Waals surface area contributed by atoms with Crippen LogP contribution < -0.4 is 0 Å². The summed E-state index contributed by atoms with van der Waals surface area (Å²) in [5.74, 6) is -0.300. The van der Waals surface area contributed by atoms with Crippen LogP contribution >= 0.6 is 0 Å². The van der Waals surface area contributed by atoms with E-state index >= 15 is 0 Å². The third-order valence-electron chi connectivity index (χ3n) is 7.53. The molecule has 0 amide bonds. The van der Waals surface area contributed by atoms with Gasteiger partial charge >= 0.3 is 11.9 Å². The Labute approximate surface area is 203 Å². The first kappa shape index (κ1) is 24.5. The van der Waals surface area contributed by atoms with E-state index in [4.69, 9.17) is 9.47 Å². The lowest BCUT2D eigenvalue weighted by Gasteiger charge is -2.42. The SMILES string of the molecule is CC(C)Cc1ccc(C(C)C(=O)OCC2C(OC(=O)c3ccccc3)CC3CCC2N3C)cc1. The maximum Gasteiger partial charge on any atom is 0.338 e. The molecule has 0 N–H and O–H groups in total. The summed E-state index contributed by atoms with van der Waals surface area (Å²) in [4.78, 5) is 28.1. The molecule has 0 saturated carbocycles. The van der Waals surface area contributed by atoms with Crippen molar-refractivity contribution >= 4 is 11.9 Å². The van der Waals surface area contributed by atoms with Crippen LogP contribution in [0.3, 0.4) is 0 Å². The normalized spacial score (nSPS) is 25.2. The standard InChI is InChI=1S/C29H37NO4/c1-19(2)16-21-10-12-22(13-11-21)20(3)28(31)33-18-25-26-15-14-24(30(26)4)17-27(25)34-29(32)23-8-6-5-7-9-23/h5-13,19-20,24-27H,14-18H2,1-4H3. The third-order valence-corrected chi connectivity index (χ3v) is 7.53. The van der Waals surface area contributed by atoms with E-state index in [-0.39, 0.29) is 42.5 Å². The number of carbonyl (C=O) groups is 2. The van der Waals surface area contributed by atoms with Crippen molar-refractivity contribution in [1.82, 2.24) is 4.90 Å². The van der Waals surface area contributed by atoms with Crippen LogP contribution in [0.1, 0.15) is 67.4 Å². The highest BCUT2D eigenvalue weighted by molar-refractivity contribution is 5.89. The highest BCUT2D eigenvalue weighted by atomic mass is 16.6. The van der Waals surface area contributed by atoms with E-state index in [1.165, 1.54) is 5.56 Å². The van der Waals surface area contributed by atoms with Crippen molar-refractivity contribution in [2.45, 2.75) is 70.6 Å². The molecule has 0 aromatic heterocycles. The summed E-state index contributed by atoms with van der Waals surface area (Å²) < 4.78 is 11.8. The van der Waals surface area contributed by atoms with Gasteiger partial charge in [0.15, 0.2) is 0 Å². The van der Waals surface area contributed by atoms with Gasteiger partial charge in [0.25, 0.3) is 0 Å². The Morgan fingerprint density at radius 1 is 1.00 bits per heavy atom. The molecule has 2 heterocycles. The molecule has 182 valence electrons. The van der Waals surface area contributed by atoms with E-state index < -0.39 is 0 Å². The number of hydrogen-bond acceptors (Lipinski definition) is 5. The first-order chi connectivity index (χ1) is 16.3. The van der Waals surface area contributed by atoms with Crippen LogP contribution in [-0.4, -0.2) is 48.7 Å². The molecule has 2 saturated heterocycles. The lowest BCUT2D eigenvalue weighted by molar-refractivity contribution is -0.150. The molecule has 2 aliphatic rings. The highest BCUT2D eigenvalue weighted by Crippen LogP contribution is 2.40. The number of piperidine rings is 1. The van der Waals surface area contributed by atoms with Gasteiger partial charge in [-0.3, -0.25) is 9.69 Å². The quantitative estimate of drug-likeness (QED) is 0.501. The van der Waals surface area contributed by atoms with Gasteiger partial charge in [-0.2, -0.15) is 0 Å². The van der Waals surface area contributed by atoms with Gasteiger partial charge in [-0.1, -0.05) is 56.3 Å². The van der Waals surface area contributed by atoms with Gasteiger partial charge in [0.05, 0.1) is 18.1 Å². The smallest absolute Gasteiger partial charge is 0.338 e. The van der Waals surface area contributed by atoms with Gasteiger partial charge in [0.1, 0.15) is 6.10 Å². The molecule has 2 aliphatic heterocycles. The summed E-state index contributed by atoms with van der Waals surface area (Å²) in [5, 5.41) is 0. The van der Waals surface area contributed by atoms with Crippen LogP contribution in [-0.2, 0) is 20.7 Å². The third kappa shape index (κ3) is 5.52. The number of benzene rings is 2. The van der Waals surface area contributed by atoms with Crippen LogP contribution in [0.2, 0.25) is 0 Å². The molecule has 0 aliphatic carbocycles. The molecule has 2 fully saturated rings. The van der Waals surface area contributed by atoms with Crippen LogP contribution in [0, 0.1) is 11.8 Å². The molecular weight excluding hydrogens is 426 g/mol. The maximum atomic E-state index is 12.9. The van der Waals surface area contributed by atoms with Crippen LogP contribution in [0.5, 0.6) is 0 Å². The predicted octanol–water partition coefficient (Wildman–Crippen LogP) is 5.24. The fraction of sp³-hybridized carbons (Fsp3) is 0.517. The second-order valence-corrected chi connectivity index (χ2v) is 10.4. The average Bonchev–Trinajstić information content (AvgIpc) is 3.08. The molecule has 2 bridgehead atoms. The zero-order chi connectivity index (χ0) is 24.2. The molecule has 5 atom stereocenters. The van der Waals surface area contributed by atoms with Crippen LogP contribution in [0.15, 0.2) is 54.6 Å². The topological polar surface area (TPSA) is 55.8 Å².